The molecule has 2 aromatic carbocycles. The standard InChI is InChI=1S/C17H10BrFN2OS/c18-11-6-13-16(14(19)7-11)20-9-21(17(13)22)8-12-5-10-3-1-2-4-15(10)23-12/h1-7,9H,8H2. The van der Waals surface area contributed by atoms with Crippen LogP contribution in [0.5, 0.6) is 0 Å². The molecule has 2 aromatic heterocycles. The molecule has 2 heterocycles. The minimum Gasteiger partial charge on any atom is -0.293 e. The van der Waals surface area contributed by atoms with Crippen LogP contribution >= 0.6 is 27.3 Å². The lowest BCUT2D eigenvalue weighted by atomic mass is 10.2. The molecule has 0 bridgehead atoms. The van der Waals surface area contributed by atoms with Gasteiger partial charge in [0, 0.05) is 14.0 Å². The maximum absolute atomic E-state index is 13.9. The highest BCUT2D eigenvalue weighted by atomic mass is 79.9. The number of aromatic nitrogens is 2. The largest absolute Gasteiger partial charge is 0.293 e. The summed E-state index contributed by atoms with van der Waals surface area (Å²) < 4.78 is 17.1. The summed E-state index contributed by atoms with van der Waals surface area (Å²) >= 11 is 4.86. The Morgan fingerprint density at radius 2 is 2.04 bits per heavy atom. The molecule has 0 aliphatic carbocycles. The normalized spacial score (nSPS) is 11.4. The van der Waals surface area contributed by atoms with Gasteiger partial charge in [0.15, 0.2) is 5.82 Å². The summed E-state index contributed by atoms with van der Waals surface area (Å²) in [5.74, 6) is -0.500. The molecular formula is C17H10BrFN2OS. The Balaban J connectivity index is 1.82. The van der Waals surface area contributed by atoms with Crippen molar-refractivity contribution in [3.8, 4) is 0 Å². The second-order valence-electron chi connectivity index (χ2n) is 5.21. The van der Waals surface area contributed by atoms with Gasteiger partial charge in [0.2, 0.25) is 0 Å². The van der Waals surface area contributed by atoms with Gasteiger partial charge in [-0.1, -0.05) is 34.1 Å². The minimum absolute atomic E-state index is 0.103. The van der Waals surface area contributed by atoms with Gasteiger partial charge >= 0.3 is 0 Å². The van der Waals surface area contributed by atoms with Gasteiger partial charge in [-0.2, -0.15) is 0 Å². The molecule has 0 aliphatic heterocycles. The van der Waals surface area contributed by atoms with Gasteiger partial charge in [-0.05, 0) is 29.7 Å². The number of benzene rings is 2. The number of hydrogen-bond acceptors (Lipinski definition) is 3. The van der Waals surface area contributed by atoms with Crippen molar-refractivity contribution in [3.05, 3.63) is 74.3 Å². The van der Waals surface area contributed by atoms with Crippen molar-refractivity contribution in [3.63, 3.8) is 0 Å². The minimum atomic E-state index is -0.500. The molecule has 0 saturated carbocycles. The average Bonchev–Trinajstić information content (AvgIpc) is 2.93. The molecule has 4 rings (SSSR count). The van der Waals surface area contributed by atoms with E-state index >= 15 is 0 Å². The van der Waals surface area contributed by atoms with Gasteiger partial charge in [0.25, 0.3) is 5.56 Å². The maximum atomic E-state index is 13.9. The van der Waals surface area contributed by atoms with Crippen molar-refractivity contribution in [1.82, 2.24) is 9.55 Å². The smallest absolute Gasteiger partial charge is 0.261 e. The molecule has 6 heteroatoms. The monoisotopic (exact) mass is 388 g/mol. The molecule has 0 amide bonds. The van der Waals surface area contributed by atoms with Crippen LogP contribution in [0.15, 0.2) is 58.1 Å². The summed E-state index contributed by atoms with van der Waals surface area (Å²) in [6.07, 6.45) is 1.41. The zero-order chi connectivity index (χ0) is 16.0. The van der Waals surface area contributed by atoms with E-state index < -0.39 is 5.82 Å². The van der Waals surface area contributed by atoms with Crippen LogP contribution in [0.3, 0.4) is 0 Å². The van der Waals surface area contributed by atoms with Gasteiger partial charge in [-0.25, -0.2) is 9.37 Å². The first-order valence-electron chi connectivity index (χ1n) is 6.93. The first-order valence-corrected chi connectivity index (χ1v) is 8.54. The third-order valence-electron chi connectivity index (χ3n) is 3.65. The Morgan fingerprint density at radius 1 is 1.22 bits per heavy atom. The zero-order valence-electron chi connectivity index (χ0n) is 11.8. The lowest BCUT2D eigenvalue weighted by Crippen LogP contribution is -2.21. The number of rotatable bonds is 2. The van der Waals surface area contributed by atoms with Crippen molar-refractivity contribution >= 4 is 48.3 Å². The summed E-state index contributed by atoms with van der Waals surface area (Å²) in [6, 6.07) is 13.1. The Hall–Kier alpha value is -2.05. The third kappa shape index (κ3) is 2.58. The molecule has 0 saturated heterocycles. The maximum Gasteiger partial charge on any atom is 0.261 e. The molecule has 0 N–H and O–H groups in total. The molecule has 0 aliphatic rings. The van der Waals surface area contributed by atoms with Gasteiger partial charge < -0.3 is 0 Å². The number of nitrogens with zero attached hydrogens (tertiary/aromatic N) is 2. The van der Waals surface area contributed by atoms with Crippen molar-refractivity contribution in [2.75, 3.05) is 0 Å². The van der Waals surface area contributed by atoms with Gasteiger partial charge in [0.1, 0.15) is 5.52 Å². The van der Waals surface area contributed by atoms with Crippen LogP contribution in [0.1, 0.15) is 4.88 Å². The fourth-order valence-corrected chi connectivity index (χ4v) is 4.08. The predicted molar refractivity (Wildman–Crippen MR) is 94.6 cm³/mol. The number of halogens is 2. The first-order chi connectivity index (χ1) is 11.1. The highest BCUT2D eigenvalue weighted by molar-refractivity contribution is 9.10. The van der Waals surface area contributed by atoms with Crippen LogP contribution in [0.25, 0.3) is 21.0 Å². The van der Waals surface area contributed by atoms with Crippen LogP contribution < -0.4 is 5.56 Å². The molecule has 0 spiro atoms. The van der Waals surface area contributed by atoms with Crippen molar-refractivity contribution in [2.24, 2.45) is 0 Å². The van der Waals surface area contributed by atoms with Crippen molar-refractivity contribution in [2.45, 2.75) is 6.54 Å². The summed E-state index contributed by atoms with van der Waals surface area (Å²) in [5.41, 5.74) is -0.140. The van der Waals surface area contributed by atoms with E-state index in [1.165, 1.54) is 21.7 Å². The zero-order valence-corrected chi connectivity index (χ0v) is 14.2. The van der Waals surface area contributed by atoms with E-state index in [1.807, 2.05) is 18.2 Å². The first kappa shape index (κ1) is 14.5. The molecule has 114 valence electrons. The van der Waals surface area contributed by atoms with Crippen LogP contribution in [0, 0.1) is 5.82 Å². The van der Waals surface area contributed by atoms with E-state index in [2.05, 4.69) is 33.0 Å². The van der Waals surface area contributed by atoms with E-state index in [4.69, 9.17) is 0 Å². The van der Waals surface area contributed by atoms with Crippen LogP contribution in [0.4, 0.5) is 4.39 Å². The average molecular weight is 389 g/mol. The van der Waals surface area contributed by atoms with Crippen molar-refractivity contribution in [1.29, 1.82) is 0 Å². The molecule has 4 aromatic rings. The molecule has 0 unspecified atom stereocenters. The predicted octanol–water partition coefficient (Wildman–Crippen LogP) is 4.56. The lowest BCUT2D eigenvalue weighted by molar-refractivity contribution is 0.633. The van der Waals surface area contributed by atoms with E-state index in [0.29, 0.717) is 11.0 Å². The highest BCUT2D eigenvalue weighted by Gasteiger charge is 2.11. The van der Waals surface area contributed by atoms with Crippen LogP contribution in [-0.2, 0) is 6.54 Å². The van der Waals surface area contributed by atoms with Crippen LogP contribution in [0.2, 0.25) is 0 Å². The van der Waals surface area contributed by atoms with E-state index in [1.54, 1.807) is 17.4 Å². The van der Waals surface area contributed by atoms with E-state index in [9.17, 15) is 9.18 Å². The summed E-state index contributed by atoms with van der Waals surface area (Å²) in [5, 5.41) is 1.43. The topological polar surface area (TPSA) is 34.9 Å². The quantitative estimate of drug-likeness (QED) is 0.504. The third-order valence-corrected chi connectivity index (χ3v) is 5.21. The fraction of sp³-hybridized carbons (Fsp3) is 0.0588. The van der Waals surface area contributed by atoms with E-state index in [0.717, 1.165) is 10.3 Å². The number of hydrogen-bond donors (Lipinski definition) is 0. The molecule has 23 heavy (non-hydrogen) atoms. The summed E-state index contributed by atoms with van der Waals surface area (Å²) in [7, 11) is 0. The molecule has 0 fully saturated rings. The summed E-state index contributed by atoms with van der Waals surface area (Å²) in [4.78, 5) is 17.8. The van der Waals surface area contributed by atoms with E-state index in [-0.39, 0.29) is 16.5 Å². The fourth-order valence-electron chi connectivity index (χ4n) is 2.59. The van der Waals surface area contributed by atoms with Gasteiger partial charge in [0.05, 0.1) is 18.3 Å². The second-order valence-corrected chi connectivity index (χ2v) is 7.30. The highest BCUT2D eigenvalue weighted by Crippen LogP contribution is 2.26. The Labute approximate surface area is 143 Å². The second kappa shape index (κ2) is 5.54. The number of fused-ring (bicyclic) bond motifs is 2. The molecule has 0 radical (unpaired) electrons. The Kier molecular flexibility index (Phi) is 3.50. The SMILES string of the molecule is O=c1c2cc(Br)cc(F)c2ncn1Cc1cc2ccccc2s1. The number of thiophene rings is 1. The molecular weight excluding hydrogens is 379 g/mol. The molecule has 3 nitrogen and oxygen atoms in total. The summed E-state index contributed by atoms with van der Waals surface area (Å²) in [6.45, 7) is 0.426. The Bertz CT molecular complexity index is 1070. The van der Waals surface area contributed by atoms with Gasteiger partial charge in [-0.15, -0.1) is 11.3 Å². The van der Waals surface area contributed by atoms with Crippen LogP contribution in [-0.4, -0.2) is 9.55 Å². The lowest BCUT2D eigenvalue weighted by Gasteiger charge is -2.06. The van der Waals surface area contributed by atoms with Gasteiger partial charge in [-0.3, -0.25) is 9.36 Å². The molecule has 0 atom stereocenters. The van der Waals surface area contributed by atoms with Crippen molar-refractivity contribution < 1.29 is 4.39 Å². The Morgan fingerprint density at radius 3 is 2.87 bits per heavy atom.